The van der Waals surface area contributed by atoms with E-state index in [-0.39, 0.29) is 11.1 Å². The van der Waals surface area contributed by atoms with Crippen LogP contribution in [0.1, 0.15) is 59.2 Å². The third-order valence-corrected chi connectivity index (χ3v) is 4.53. The van der Waals surface area contributed by atoms with E-state index in [4.69, 9.17) is 0 Å². The standard InChI is InChI=1S/C11H17N7O3S.C6H10.C2H6/c1-7(2)17-6-5-10(14-17)22(20,21)16-11(19)15-18-8(3)12-13-9(18)4;1-3-5-6-4-2;1-2/h5-7H,1-4H3,(H2,15,16,19);3-6H,1-2H3;1-2H3/b;5-3-,6-4-;. The van der Waals surface area contributed by atoms with E-state index < -0.39 is 16.1 Å². The first-order valence-electron chi connectivity index (χ1n) is 9.64. The van der Waals surface area contributed by atoms with Crippen LogP contribution in [0.15, 0.2) is 41.6 Å². The molecular formula is C19H33N7O3S. The van der Waals surface area contributed by atoms with E-state index in [1.54, 1.807) is 13.8 Å². The fraction of sp³-hybridized carbons (Fsp3) is 0.474. The highest BCUT2D eigenvalue weighted by Gasteiger charge is 2.21. The Morgan fingerprint density at radius 3 is 1.97 bits per heavy atom. The first-order valence-corrected chi connectivity index (χ1v) is 11.1. The number of nitrogens with one attached hydrogen (secondary N) is 2. The molecule has 30 heavy (non-hydrogen) atoms. The summed E-state index contributed by atoms with van der Waals surface area (Å²) in [7, 11) is -4.05. The Kier molecular flexibility index (Phi) is 12.0. The third kappa shape index (κ3) is 8.60. The lowest BCUT2D eigenvalue weighted by Crippen LogP contribution is -2.39. The molecule has 0 saturated heterocycles. The molecule has 0 saturated carbocycles. The van der Waals surface area contributed by atoms with Crippen LogP contribution in [0.4, 0.5) is 4.79 Å². The van der Waals surface area contributed by atoms with Crippen molar-refractivity contribution < 1.29 is 13.2 Å². The topological polar surface area (TPSA) is 124 Å². The van der Waals surface area contributed by atoms with Crippen molar-refractivity contribution in [3.05, 3.63) is 48.2 Å². The molecule has 2 N–H and O–H groups in total. The van der Waals surface area contributed by atoms with Gasteiger partial charge in [0.1, 0.15) is 11.6 Å². The highest BCUT2D eigenvalue weighted by molar-refractivity contribution is 7.90. The second-order valence-electron chi connectivity index (χ2n) is 5.96. The number of sulfonamides is 1. The molecule has 0 aliphatic rings. The highest BCUT2D eigenvalue weighted by atomic mass is 32.2. The van der Waals surface area contributed by atoms with Crippen molar-refractivity contribution in [3.8, 4) is 0 Å². The van der Waals surface area contributed by atoms with Crippen molar-refractivity contribution in [1.29, 1.82) is 0 Å². The molecular weight excluding hydrogens is 406 g/mol. The molecule has 2 heterocycles. The van der Waals surface area contributed by atoms with Crippen LogP contribution in [0.3, 0.4) is 0 Å². The smallest absolute Gasteiger partial charge is 0.269 e. The van der Waals surface area contributed by atoms with Crippen LogP contribution in [0.5, 0.6) is 0 Å². The van der Waals surface area contributed by atoms with Gasteiger partial charge in [0.25, 0.3) is 10.0 Å². The highest BCUT2D eigenvalue weighted by Crippen LogP contribution is 2.09. The van der Waals surface area contributed by atoms with Crippen LogP contribution in [0.2, 0.25) is 0 Å². The van der Waals surface area contributed by atoms with E-state index in [1.165, 1.54) is 21.6 Å². The molecule has 0 unspecified atom stereocenters. The molecule has 0 radical (unpaired) electrons. The Morgan fingerprint density at radius 2 is 1.57 bits per heavy atom. The summed E-state index contributed by atoms with van der Waals surface area (Å²) in [6.07, 6.45) is 9.53. The van der Waals surface area contributed by atoms with Gasteiger partial charge in [0.05, 0.1) is 0 Å². The van der Waals surface area contributed by atoms with Gasteiger partial charge in [0, 0.05) is 12.2 Å². The monoisotopic (exact) mass is 439 g/mol. The number of hydrogen-bond donors (Lipinski definition) is 2. The van der Waals surface area contributed by atoms with Crippen molar-refractivity contribution in [3.63, 3.8) is 0 Å². The van der Waals surface area contributed by atoms with Gasteiger partial charge in [-0.15, -0.1) is 10.2 Å². The van der Waals surface area contributed by atoms with E-state index in [0.29, 0.717) is 11.6 Å². The number of nitrogens with zero attached hydrogens (tertiary/aromatic N) is 5. The zero-order valence-electron chi connectivity index (χ0n) is 18.9. The maximum absolute atomic E-state index is 12.1. The molecule has 0 atom stereocenters. The molecule has 0 aromatic carbocycles. The number of aryl methyl sites for hydroxylation is 2. The molecule has 2 aromatic rings. The first-order chi connectivity index (χ1) is 14.1. The van der Waals surface area contributed by atoms with E-state index in [2.05, 4.69) is 20.7 Å². The van der Waals surface area contributed by atoms with Gasteiger partial charge in [-0.3, -0.25) is 4.68 Å². The molecule has 0 spiro atoms. The number of hydrogen-bond acceptors (Lipinski definition) is 6. The second kappa shape index (κ2) is 13.3. The number of allylic oxidation sites excluding steroid dienone is 4. The minimum Gasteiger partial charge on any atom is -0.269 e. The van der Waals surface area contributed by atoms with Gasteiger partial charge in [-0.25, -0.2) is 19.6 Å². The Labute approximate surface area is 179 Å². The van der Waals surface area contributed by atoms with Crippen LogP contribution >= 0.6 is 0 Å². The quantitative estimate of drug-likeness (QED) is 0.687. The van der Waals surface area contributed by atoms with E-state index in [1.807, 2.05) is 70.6 Å². The zero-order chi connectivity index (χ0) is 23.3. The predicted octanol–water partition coefficient (Wildman–Crippen LogP) is 3.48. The van der Waals surface area contributed by atoms with Crippen LogP contribution in [0, 0.1) is 13.8 Å². The fourth-order valence-electron chi connectivity index (χ4n) is 1.90. The fourth-order valence-corrected chi connectivity index (χ4v) is 2.74. The van der Waals surface area contributed by atoms with Crippen LogP contribution in [-0.2, 0) is 10.0 Å². The van der Waals surface area contributed by atoms with Crippen LogP contribution in [-0.4, -0.2) is 39.1 Å². The van der Waals surface area contributed by atoms with E-state index in [9.17, 15) is 13.2 Å². The van der Waals surface area contributed by atoms with Crippen LogP contribution < -0.4 is 10.1 Å². The molecule has 0 aliphatic carbocycles. The molecule has 11 heteroatoms. The van der Waals surface area contributed by atoms with Crippen molar-refractivity contribution >= 4 is 16.1 Å². The summed E-state index contributed by atoms with van der Waals surface area (Å²) in [6, 6.07) is 0.412. The third-order valence-electron chi connectivity index (χ3n) is 3.31. The molecule has 0 bridgehead atoms. The Hall–Kier alpha value is -2.95. The number of aromatic nitrogens is 5. The molecule has 2 amide bonds. The SMILES string of the molecule is C/C=C\C=C/C.CC.Cc1nnc(C)n1NC(=O)NS(=O)(=O)c1ccn(C(C)C)n1. The van der Waals surface area contributed by atoms with Gasteiger partial charge < -0.3 is 0 Å². The average Bonchev–Trinajstić information content (AvgIpc) is 3.32. The zero-order valence-corrected chi connectivity index (χ0v) is 19.7. The summed E-state index contributed by atoms with van der Waals surface area (Å²) in [5.41, 5.74) is 2.34. The number of amides is 2. The van der Waals surface area contributed by atoms with Crippen molar-refractivity contribution in [2.75, 3.05) is 5.43 Å². The lowest BCUT2D eigenvalue weighted by Gasteiger charge is -2.09. The summed E-state index contributed by atoms with van der Waals surface area (Å²) >= 11 is 0. The van der Waals surface area contributed by atoms with Crippen LogP contribution in [0.25, 0.3) is 0 Å². The first kappa shape index (κ1) is 27.0. The lowest BCUT2D eigenvalue weighted by molar-refractivity contribution is 0.253. The van der Waals surface area contributed by atoms with E-state index in [0.717, 1.165) is 0 Å². The minimum atomic E-state index is -4.05. The van der Waals surface area contributed by atoms with Crippen molar-refractivity contribution in [2.24, 2.45) is 0 Å². The molecule has 2 rings (SSSR count). The maximum Gasteiger partial charge on any atom is 0.347 e. The molecule has 168 valence electrons. The van der Waals surface area contributed by atoms with Gasteiger partial charge in [0.2, 0.25) is 0 Å². The summed E-state index contributed by atoms with van der Waals surface area (Å²) in [5, 5.41) is 11.2. The normalized spacial score (nSPS) is 11.1. The predicted molar refractivity (Wildman–Crippen MR) is 118 cm³/mol. The Morgan fingerprint density at radius 1 is 1.07 bits per heavy atom. The van der Waals surface area contributed by atoms with Gasteiger partial charge in [-0.2, -0.15) is 13.5 Å². The molecule has 2 aromatic heterocycles. The number of carbonyl (C=O) groups is 1. The Bertz CT molecular complexity index is 912. The summed E-state index contributed by atoms with van der Waals surface area (Å²) in [5.74, 6) is 0.850. The summed E-state index contributed by atoms with van der Waals surface area (Å²) in [4.78, 5) is 11.8. The summed E-state index contributed by atoms with van der Waals surface area (Å²) < 4.78 is 28.8. The van der Waals surface area contributed by atoms with Crippen molar-refractivity contribution in [1.82, 2.24) is 29.4 Å². The number of urea groups is 1. The largest absolute Gasteiger partial charge is 0.347 e. The van der Waals surface area contributed by atoms with Crippen molar-refractivity contribution in [2.45, 2.75) is 66.5 Å². The maximum atomic E-state index is 12.1. The average molecular weight is 440 g/mol. The van der Waals surface area contributed by atoms with Gasteiger partial charge in [-0.1, -0.05) is 38.2 Å². The molecule has 0 aliphatic heterocycles. The Balaban J connectivity index is 0.000000905. The minimum absolute atomic E-state index is 0.0140. The number of rotatable bonds is 5. The van der Waals surface area contributed by atoms with Gasteiger partial charge in [-0.05, 0) is 47.6 Å². The van der Waals surface area contributed by atoms with E-state index >= 15 is 0 Å². The number of carbonyl (C=O) groups excluding carboxylic acids is 1. The second-order valence-corrected chi connectivity index (χ2v) is 7.58. The van der Waals surface area contributed by atoms with Gasteiger partial charge >= 0.3 is 6.03 Å². The lowest BCUT2D eigenvalue weighted by atomic mass is 10.4. The van der Waals surface area contributed by atoms with Gasteiger partial charge in [0.15, 0.2) is 5.03 Å². The summed E-state index contributed by atoms with van der Waals surface area (Å²) in [6.45, 7) is 15.0. The molecule has 10 nitrogen and oxygen atoms in total. The molecule has 0 fully saturated rings.